The third-order valence-corrected chi connectivity index (χ3v) is 4.18. The largest absolute Gasteiger partial charge is 0.352 e. The highest BCUT2D eigenvalue weighted by Crippen LogP contribution is 2.15. The number of carbonyl (C=O) groups excluding carboxylic acids is 1. The molecule has 116 valence electrons. The summed E-state index contributed by atoms with van der Waals surface area (Å²) in [5.41, 5.74) is 1.27. The van der Waals surface area contributed by atoms with Gasteiger partial charge in [0.15, 0.2) is 0 Å². The Bertz CT molecular complexity index is 486. The van der Waals surface area contributed by atoms with Crippen LogP contribution >= 0.6 is 11.6 Å². The van der Waals surface area contributed by atoms with Crippen molar-refractivity contribution in [2.75, 3.05) is 26.2 Å². The Morgan fingerprint density at radius 3 is 2.81 bits per heavy atom. The van der Waals surface area contributed by atoms with Gasteiger partial charge in [0.05, 0.1) is 10.6 Å². The van der Waals surface area contributed by atoms with Gasteiger partial charge in [-0.2, -0.15) is 0 Å². The van der Waals surface area contributed by atoms with Gasteiger partial charge >= 0.3 is 0 Å². The van der Waals surface area contributed by atoms with Crippen LogP contribution in [0.2, 0.25) is 5.02 Å². The number of aryl methyl sites for hydroxylation is 1. The molecule has 5 heteroatoms. The average Bonchev–Trinajstić information content (AvgIpc) is 2.46. The fraction of sp³-hybridized carbons (Fsp3) is 0.625. The van der Waals surface area contributed by atoms with Gasteiger partial charge in [0.2, 0.25) is 0 Å². The molecule has 1 aliphatic heterocycles. The molecule has 0 spiro atoms. The van der Waals surface area contributed by atoms with E-state index in [9.17, 15) is 4.79 Å². The van der Waals surface area contributed by atoms with Crippen LogP contribution in [0.1, 0.15) is 42.2 Å². The van der Waals surface area contributed by atoms with Gasteiger partial charge in [0.25, 0.3) is 5.91 Å². The fourth-order valence-corrected chi connectivity index (χ4v) is 3.00. The van der Waals surface area contributed by atoms with E-state index in [1.54, 1.807) is 12.3 Å². The second-order valence-corrected chi connectivity index (χ2v) is 6.39. The Labute approximate surface area is 131 Å². The maximum absolute atomic E-state index is 12.1. The second-order valence-electron chi connectivity index (χ2n) is 5.98. The Hall–Kier alpha value is -1.13. The van der Waals surface area contributed by atoms with E-state index in [-0.39, 0.29) is 5.91 Å². The van der Waals surface area contributed by atoms with Crippen LogP contribution in [0.3, 0.4) is 0 Å². The van der Waals surface area contributed by atoms with Crippen molar-refractivity contribution in [1.29, 1.82) is 0 Å². The van der Waals surface area contributed by atoms with E-state index in [4.69, 9.17) is 11.6 Å². The topological polar surface area (TPSA) is 45.2 Å². The number of rotatable bonds is 5. The monoisotopic (exact) mass is 309 g/mol. The van der Waals surface area contributed by atoms with Crippen LogP contribution in [0.4, 0.5) is 0 Å². The summed E-state index contributed by atoms with van der Waals surface area (Å²) in [6.07, 6.45) is 5.48. The number of hydrogen-bond donors (Lipinski definition) is 1. The van der Waals surface area contributed by atoms with Crippen LogP contribution in [0.5, 0.6) is 0 Å². The number of piperidine rings is 1. The third-order valence-electron chi connectivity index (χ3n) is 3.86. The smallest absolute Gasteiger partial charge is 0.254 e. The van der Waals surface area contributed by atoms with Crippen molar-refractivity contribution < 1.29 is 4.79 Å². The van der Waals surface area contributed by atoms with Gasteiger partial charge in [-0.25, -0.2) is 0 Å². The average molecular weight is 310 g/mol. The molecular formula is C16H24ClN3O. The van der Waals surface area contributed by atoms with Crippen molar-refractivity contribution in [3.63, 3.8) is 0 Å². The number of nitrogens with one attached hydrogen (secondary N) is 1. The summed E-state index contributed by atoms with van der Waals surface area (Å²) in [7, 11) is 0. The molecule has 21 heavy (non-hydrogen) atoms. The molecule has 1 aliphatic rings. The van der Waals surface area contributed by atoms with Crippen LogP contribution in [0.15, 0.2) is 12.3 Å². The highest BCUT2D eigenvalue weighted by Gasteiger charge is 2.15. The molecule has 1 aromatic heterocycles. The standard InChI is InChI=1S/C16H24ClN3O/c1-12(11-20-6-4-3-5-7-20)9-19-16(21)14-10-18-13(2)8-15(14)17/h8,10,12H,3-7,9,11H2,1-2H3,(H,19,21). The van der Waals surface area contributed by atoms with Gasteiger partial charge in [-0.3, -0.25) is 9.78 Å². The predicted octanol–water partition coefficient (Wildman–Crippen LogP) is 2.90. The quantitative estimate of drug-likeness (QED) is 0.909. The third kappa shape index (κ3) is 4.97. The van der Waals surface area contributed by atoms with Gasteiger partial charge < -0.3 is 10.2 Å². The molecule has 1 amide bonds. The number of halogens is 1. The van der Waals surface area contributed by atoms with Crippen LogP contribution < -0.4 is 5.32 Å². The van der Waals surface area contributed by atoms with E-state index in [2.05, 4.69) is 22.1 Å². The Balaban J connectivity index is 1.80. The van der Waals surface area contributed by atoms with Gasteiger partial charge in [0, 0.05) is 25.0 Å². The highest BCUT2D eigenvalue weighted by molar-refractivity contribution is 6.33. The molecule has 1 N–H and O–H groups in total. The lowest BCUT2D eigenvalue weighted by Gasteiger charge is -2.29. The van der Waals surface area contributed by atoms with Crippen molar-refractivity contribution in [3.8, 4) is 0 Å². The first-order valence-corrected chi connectivity index (χ1v) is 8.06. The number of aromatic nitrogens is 1. The van der Waals surface area contributed by atoms with Gasteiger partial charge in [0.1, 0.15) is 0 Å². The van der Waals surface area contributed by atoms with E-state index in [0.717, 1.165) is 12.2 Å². The van der Waals surface area contributed by atoms with E-state index in [1.165, 1.54) is 32.4 Å². The van der Waals surface area contributed by atoms with Crippen molar-refractivity contribution in [2.45, 2.75) is 33.1 Å². The highest BCUT2D eigenvalue weighted by atomic mass is 35.5. The lowest BCUT2D eigenvalue weighted by molar-refractivity contribution is 0.0942. The van der Waals surface area contributed by atoms with E-state index < -0.39 is 0 Å². The van der Waals surface area contributed by atoms with Crippen molar-refractivity contribution in [1.82, 2.24) is 15.2 Å². The first-order valence-electron chi connectivity index (χ1n) is 7.69. The van der Waals surface area contributed by atoms with Crippen LogP contribution in [0, 0.1) is 12.8 Å². The van der Waals surface area contributed by atoms with Crippen molar-refractivity contribution >= 4 is 17.5 Å². The molecule has 0 bridgehead atoms. The first kappa shape index (κ1) is 16.2. The molecule has 4 nitrogen and oxygen atoms in total. The molecule has 2 rings (SSSR count). The number of carbonyl (C=O) groups is 1. The summed E-state index contributed by atoms with van der Waals surface area (Å²) in [5.74, 6) is 0.294. The molecular weight excluding hydrogens is 286 g/mol. The van der Waals surface area contributed by atoms with Gasteiger partial charge in [-0.1, -0.05) is 24.9 Å². The lowest BCUT2D eigenvalue weighted by atomic mass is 10.1. The summed E-state index contributed by atoms with van der Waals surface area (Å²) in [6, 6.07) is 1.72. The molecule has 1 fully saturated rings. The molecule has 0 aliphatic carbocycles. The molecule has 0 radical (unpaired) electrons. The van der Waals surface area contributed by atoms with Crippen molar-refractivity contribution in [3.05, 3.63) is 28.5 Å². The SMILES string of the molecule is Cc1cc(Cl)c(C(=O)NCC(C)CN2CCCCC2)cn1. The minimum Gasteiger partial charge on any atom is -0.352 e. The molecule has 1 saturated heterocycles. The Morgan fingerprint density at radius 1 is 1.43 bits per heavy atom. The molecule has 0 saturated carbocycles. The normalized spacial score (nSPS) is 17.5. The summed E-state index contributed by atoms with van der Waals surface area (Å²) in [6.45, 7) is 8.11. The number of nitrogens with zero attached hydrogens (tertiary/aromatic N) is 2. The summed E-state index contributed by atoms with van der Waals surface area (Å²) < 4.78 is 0. The zero-order valence-corrected chi connectivity index (χ0v) is 13.6. The first-order chi connectivity index (χ1) is 10.1. The van der Waals surface area contributed by atoms with Crippen molar-refractivity contribution in [2.24, 2.45) is 5.92 Å². The molecule has 2 heterocycles. The number of hydrogen-bond acceptors (Lipinski definition) is 3. The molecule has 1 unspecified atom stereocenters. The van der Waals surface area contributed by atoms with Crippen LogP contribution in [-0.2, 0) is 0 Å². The fourth-order valence-electron chi connectivity index (χ4n) is 2.70. The molecule has 1 aromatic rings. The molecule has 0 aromatic carbocycles. The maximum atomic E-state index is 12.1. The zero-order chi connectivity index (χ0) is 15.2. The number of likely N-dealkylation sites (tertiary alicyclic amines) is 1. The van der Waals surface area contributed by atoms with Gasteiger partial charge in [-0.05, 0) is 44.8 Å². The molecule has 1 atom stereocenters. The summed E-state index contributed by atoms with van der Waals surface area (Å²) >= 11 is 6.09. The van der Waals surface area contributed by atoms with Crippen LogP contribution in [0.25, 0.3) is 0 Å². The second kappa shape index (κ2) is 7.76. The minimum atomic E-state index is -0.141. The summed E-state index contributed by atoms with van der Waals surface area (Å²) in [4.78, 5) is 18.7. The minimum absolute atomic E-state index is 0.141. The van der Waals surface area contributed by atoms with E-state index >= 15 is 0 Å². The number of pyridine rings is 1. The number of amides is 1. The summed E-state index contributed by atoms with van der Waals surface area (Å²) in [5, 5.41) is 3.42. The Kier molecular flexibility index (Phi) is 6.00. The lowest BCUT2D eigenvalue weighted by Crippen LogP contribution is -2.38. The zero-order valence-electron chi connectivity index (χ0n) is 12.9. The Morgan fingerprint density at radius 2 is 2.14 bits per heavy atom. The predicted molar refractivity (Wildman–Crippen MR) is 85.8 cm³/mol. The van der Waals surface area contributed by atoms with Gasteiger partial charge in [-0.15, -0.1) is 0 Å². The van der Waals surface area contributed by atoms with E-state index in [0.29, 0.717) is 23.0 Å². The van der Waals surface area contributed by atoms with Crippen LogP contribution in [-0.4, -0.2) is 42.0 Å². The maximum Gasteiger partial charge on any atom is 0.254 e. The van der Waals surface area contributed by atoms with E-state index in [1.807, 2.05) is 6.92 Å².